The van der Waals surface area contributed by atoms with Gasteiger partial charge >= 0.3 is 0 Å². The van der Waals surface area contributed by atoms with Crippen molar-refractivity contribution in [3.8, 4) is 5.75 Å². The molecule has 3 aromatic rings. The van der Waals surface area contributed by atoms with E-state index in [9.17, 15) is 4.79 Å². The topological polar surface area (TPSA) is 51.2 Å². The van der Waals surface area contributed by atoms with Crippen LogP contribution in [0.5, 0.6) is 5.75 Å². The predicted molar refractivity (Wildman–Crippen MR) is 93.6 cm³/mol. The van der Waals surface area contributed by atoms with E-state index in [0.29, 0.717) is 13.2 Å². The van der Waals surface area contributed by atoms with Crippen molar-refractivity contribution in [2.75, 3.05) is 13.2 Å². The van der Waals surface area contributed by atoms with E-state index in [2.05, 4.69) is 10.3 Å². The summed E-state index contributed by atoms with van der Waals surface area (Å²) < 4.78 is 5.72. The largest absolute Gasteiger partial charge is 0.489 e. The molecular formula is C18H16N2O2S. The van der Waals surface area contributed by atoms with Gasteiger partial charge in [0.25, 0.3) is 0 Å². The van der Waals surface area contributed by atoms with Gasteiger partial charge in [-0.05, 0) is 29.7 Å². The van der Waals surface area contributed by atoms with Crippen LogP contribution in [0.1, 0.15) is 4.88 Å². The Bertz CT molecular complexity index is 808. The second kappa shape index (κ2) is 7.56. The molecule has 116 valence electrons. The summed E-state index contributed by atoms with van der Waals surface area (Å²) in [7, 11) is 0. The Balaban J connectivity index is 1.48. The highest BCUT2D eigenvalue weighted by Gasteiger charge is 2.02. The molecule has 0 fully saturated rings. The van der Waals surface area contributed by atoms with Crippen molar-refractivity contribution < 1.29 is 9.53 Å². The number of benzene rings is 1. The number of nitrogens with zero attached hydrogens (tertiary/aromatic N) is 1. The molecule has 4 nitrogen and oxygen atoms in total. The number of hydrogen-bond acceptors (Lipinski definition) is 4. The maximum atomic E-state index is 11.7. The molecule has 23 heavy (non-hydrogen) atoms. The first-order valence-corrected chi connectivity index (χ1v) is 8.17. The van der Waals surface area contributed by atoms with E-state index in [-0.39, 0.29) is 5.91 Å². The van der Waals surface area contributed by atoms with Crippen molar-refractivity contribution in [2.45, 2.75) is 0 Å². The summed E-state index contributed by atoms with van der Waals surface area (Å²) in [5, 5.41) is 5.81. The number of fused-ring (bicyclic) bond motifs is 1. The Morgan fingerprint density at radius 1 is 1.22 bits per heavy atom. The van der Waals surface area contributed by atoms with Crippen LogP contribution in [0, 0.1) is 0 Å². The smallest absolute Gasteiger partial charge is 0.244 e. The maximum absolute atomic E-state index is 11.7. The highest BCUT2D eigenvalue weighted by Crippen LogP contribution is 2.22. The van der Waals surface area contributed by atoms with Gasteiger partial charge in [0.2, 0.25) is 5.91 Å². The lowest BCUT2D eigenvalue weighted by molar-refractivity contribution is -0.116. The van der Waals surface area contributed by atoms with Crippen molar-refractivity contribution in [3.05, 3.63) is 65.0 Å². The maximum Gasteiger partial charge on any atom is 0.244 e. The summed E-state index contributed by atoms with van der Waals surface area (Å²) in [5.74, 6) is 0.601. The van der Waals surface area contributed by atoms with Gasteiger partial charge in [0, 0.05) is 22.5 Å². The second-order valence-corrected chi connectivity index (χ2v) is 5.80. The first-order chi connectivity index (χ1) is 11.3. The molecule has 0 bridgehead atoms. The minimum absolute atomic E-state index is 0.127. The third kappa shape index (κ3) is 4.17. The number of carbonyl (C=O) groups is 1. The van der Waals surface area contributed by atoms with Crippen molar-refractivity contribution in [3.63, 3.8) is 0 Å². The molecule has 0 spiro atoms. The Morgan fingerprint density at radius 2 is 2.13 bits per heavy atom. The van der Waals surface area contributed by atoms with E-state index in [1.807, 2.05) is 47.8 Å². The second-order valence-electron chi connectivity index (χ2n) is 4.82. The molecular weight excluding hydrogens is 308 g/mol. The van der Waals surface area contributed by atoms with Crippen LogP contribution in [0.4, 0.5) is 0 Å². The fourth-order valence-corrected chi connectivity index (χ4v) is 2.75. The first-order valence-electron chi connectivity index (χ1n) is 7.29. The summed E-state index contributed by atoms with van der Waals surface area (Å²) in [6.07, 6.45) is 5.08. The van der Waals surface area contributed by atoms with Crippen LogP contribution in [0.15, 0.2) is 60.1 Å². The van der Waals surface area contributed by atoms with Crippen molar-refractivity contribution in [1.29, 1.82) is 0 Å². The van der Waals surface area contributed by atoms with Crippen LogP contribution in [0.3, 0.4) is 0 Å². The predicted octanol–water partition coefficient (Wildman–Crippen LogP) is 3.50. The zero-order chi connectivity index (χ0) is 15.9. The van der Waals surface area contributed by atoms with Gasteiger partial charge in [-0.1, -0.05) is 24.3 Å². The standard InChI is InChI=1S/C18H16N2O2S/c21-17(9-8-15-6-3-13-23-15)19-11-12-22-16-7-1-4-14-5-2-10-20-18(14)16/h1-10,13H,11-12H2,(H,19,21). The van der Waals surface area contributed by atoms with E-state index >= 15 is 0 Å². The molecule has 1 N–H and O–H groups in total. The molecule has 0 radical (unpaired) electrons. The fourth-order valence-electron chi connectivity index (χ4n) is 2.13. The molecule has 0 unspecified atom stereocenters. The normalized spacial score (nSPS) is 11.0. The van der Waals surface area contributed by atoms with Gasteiger partial charge in [0.15, 0.2) is 0 Å². The Morgan fingerprint density at radius 3 is 3.00 bits per heavy atom. The number of thiophene rings is 1. The average Bonchev–Trinajstić information content (AvgIpc) is 3.10. The molecule has 0 aliphatic carbocycles. The fraction of sp³-hybridized carbons (Fsp3) is 0.111. The van der Waals surface area contributed by atoms with Gasteiger partial charge in [0.1, 0.15) is 17.9 Å². The van der Waals surface area contributed by atoms with E-state index in [0.717, 1.165) is 21.5 Å². The summed E-state index contributed by atoms with van der Waals surface area (Å²) in [6, 6.07) is 13.6. The third-order valence-corrected chi connectivity index (χ3v) is 4.03. The van der Waals surface area contributed by atoms with Crippen LogP contribution < -0.4 is 10.1 Å². The van der Waals surface area contributed by atoms with Crippen LogP contribution >= 0.6 is 11.3 Å². The summed E-state index contributed by atoms with van der Waals surface area (Å²) in [4.78, 5) is 17.1. The monoisotopic (exact) mass is 324 g/mol. The van der Waals surface area contributed by atoms with Crippen LogP contribution in [0.25, 0.3) is 17.0 Å². The highest BCUT2D eigenvalue weighted by atomic mass is 32.1. The first kappa shape index (κ1) is 15.2. The number of ether oxygens (including phenoxy) is 1. The number of para-hydroxylation sites is 1. The Labute approximate surface area is 138 Å². The number of nitrogens with one attached hydrogen (secondary N) is 1. The van der Waals surface area contributed by atoms with Crippen molar-refractivity contribution in [2.24, 2.45) is 0 Å². The quantitative estimate of drug-likeness (QED) is 0.558. The number of aromatic nitrogens is 1. The van der Waals surface area contributed by atoms with Gasteiger partial charge in [-0.25, -0.2) is 0 Å². The van der Waals surface area contributed by atoms with Crippen molar-refractivity contribution >= 4 is 34.2 Å². The average molecular weight is 324 g/mol. The molecule has 1 amide bonds. The zero-order valence-corrected chi connectivity index (χ0v) is 13.3. The Hall–Kier alpha value is -2.66. The summed E-state index contributed by atoms with van der Waals surface area (Å²) in [5.41, 5.74) is 0.832. The number of amides is 1. The van der Waals surface area contributed by atoms with Crippen LogP contribution in [-0.2, 0) is 4.79 Å². The van der Waals surface area contributed by atoms with Crippen LogP contribution in [-0.4, -0.2) is 24.0 Å². The van der Waals surface area contributed by atoms with Crippen LogP contribution in [0.2, 0.25) is 0 Å². The van der Waals surface area contributed by atoms with Gasteiger partial charge in [-0.15, -0.1) is 11.3 Å². The minimum Gasteiger partial charge on any atom is -0.489 e. The third-order valence-electron chi connectivity index (χ3n) is 3.20. The molecule has 0 aliphatic heterocycles. The van der Waals surface area contributed by atoms with E-state index in [4.69, 9.17) is 4.74 Å². The minimum atomic E-state index is -0.127. The van der Waals surface area contributed by atoms with Gasteiger partial charge < -0.3 is 10.1 Å². The lowest BCUT2D eigenvalue weighted by Crippen LogP contribution is -2.26. The molecule has 0 aliphatic rings. The molecule has 0 atom stereocenters. The SMILES string of the molecule is O=C(C=Cc1cccs1)NCCOc1cccc2cccnc12. The van der Waals surface area contributed by atoms with Crippen molar-refractivity contribution in [1.82, 2.24) is 10.3 Å². The molecule has 1 aromatic carbocycles. The van der Waals surface area contributed by atoms with Gasteiger partial charge in [0.05, 0.1) is 6.54 Å². The lowest BCUT2D eigenvalue weighted by atomic mass is 10.2. The molecule has 5 heteroatoms. The number of rotatable bonds is 6. The molecule has 0 saturated heterocycles. The molecule has 0 saturated carbocycles. The zero-order valence-electron chi connectivity index (χ0n) is 12.4. The molecule has 3 rings (SSSR count). The highest BCUT2D eigenvalue weighted by molar-refractivity contribution is 7.10. The number of carbonyl (C=O) groups excluding carboxylic acids is 1. The number of pyridine rings is 1. The van der Waals surface area contributed by atoms with Gasteiger partial charge in [-0.2, -0.15) is 0 Å². The summed E-state index contributed by atoms with van der Waals surface area (Å²) >= 11 is 1.59. The molecule has 2 heterocycles. The number of hydrogen-bond donors (Lipinski definition) is 1. The van der Waals surface area contributed by atoms with E-state index < -0.39 is 0 Å². The summed E-state index contributed by atoms with van der Waals surface area (Å²) in [6.45, 7) is 0.838. The van der Waals surface area contributed by atoms with E-state index in [1.54, 1.807) is 23.6 Å². The van der Waals surface area contributed by atoms with Gasteiger partial charge in [-0.3, -0.25) is 9.78 Å². The lowest BCUT2D eigenvalue weighted by Gasteiger charge is -2.08. The molecule has 2 aromatic heterocycles. The van der Waals surface area contributed by atoms with E-state index in [1.165, 1.54) is 6.08 Å². The Kier molecular flexibility index (Phi) is 5.01.